The van der Waals surface area contributed by atoms with Gasteiger partial charge in [-0.05, 0) is 12.1 Å². The average molecular weight is 332 g/mol. The van der Waals surface area contributed by atoms with Gasteiger partial charge in [0, 0.05) is 29.7 Å². The minimum atomic E-state index is -1.08. The van der Waals surface area contributed by atoms with E-state index in [1.165, 1.54) is 0 Å². The smallest absolute Gasteiger partial charge is 0.323 e. The number of rotatable bonds is 3. The fraction of sp³-hybridized carbons (Fsp3) is 0.133. The van der Waals surface area contributed by atoms with Gasteiger partial charge in [0.15, 0.2) is 0 Å². The van der Waals surface area contributed by atoms with Crippen LogP contribution in [0.3, 0.4) is 0 Å². The van der Waals surface area contributed by atoms with Crippen LogP contribution in [0.4, 0.5) is 0 Å². The van der Waals surface area contributed by atoms with Crippen molar-refractivity contribution in [3.63, 3.8) is 0 Å². The third-order valence-electron chi connectivity index (χ3n) is 3.38. The number of carboxylic acids is 1. The highest BCUT2D eigenvalue weighted by Crippen LogP contribution is 2.34. The first-order chi connectivity index (χ1) is 10.5. The molecule has 0 saturated carbocycles. The molecule has 1 amide bonds. The predicted octanol–water partition coefficient (Wildman–Crippen LogP) is 2.46. The molecule has 1 aromatic heterocycles. The number of aryl methyl sites for hydroxylation is 1. The number of hydrogen-bond donors (Lipinski definition) is 1. The fourth-order valence-corrected chi connectivity index (χ4v) is 3.65. The summed E-state index contributed by atoms with van der Waals surface area (Å²) < 4.78 is 2.26. The fourth-order valence-electron chi connectivity index (χ4n) is 2.40. The number of hydrogen-bond acceptors (Lipinski definition) is 4. The molecule has 1 fully saturated rings. The monoisotopic (exact) mass is 332 g/mol. The number of carboxylic acid groups (broad SMARTS) is 1. The lowest BCUT2D eigenvalue weighted by Crippen LogP contribution is -2.33. The Labute approximate surface area is 136 Å². The quantitative estimate of drug-likeness (QED) is 0.691. The second-order valence-corrected chi connectivity index (χ2v) is 6.55. The summed E-state index contributed by atoms with van der Waals surface area (Å²) in [6.45, 7) is -0.405. The van der Waals surface area contributed by atoms with Crippen molar-refractivity contribution in [1.82, 2.24) is 9.47 Å². The molecular weight excluding hydrogens is 320 g/mol. The first-order valence-electron chi connectivity index (χ1n) is 6.48. The van der Waals surface area contributed by atoms with E-state index in [0.29, 0.717) is 4.91 Å². The number of fused-ring (bicyclic) bond motifs is 1. The van der Waals surface area contributed by atoms with E-state index in [1.807, 2.05) is 42.1 Å². The maximum atomic E-state index is 12.3. The van der Waals surface area contributed by atoms with E-state index in [0.717, 1.165) is 33.1 Å². The van der Waals surface area contributed by atoms with Crippen LogP contribution >= 0.6 is 24.0 Å². The van der Waals surface area contributed by atoms with Gasteiger partial charge in [0.1, 0.15) is 10.9 Å². The van der Waals surface area contributed by atoms with Crippen molar-refractivity contribution in [2.24, 2.45) is 7.05 Å². The number of aromatic nitrogens is 1. The van der Waals surface area contributed by atoms with Crippen molar-refractivity contribution >= 4 is 57.2 Å². The van der Waals surface area contributed by atoms with Crippen LogP contribution in [0.1, 0.15) is 5.56 Å². The van der Waals surface area contributed by atoms with Gasteiger partial charge in [-0.2, -0.15) is 0 Å². The molecule has 1 aliphatic heterocycles. The third-order valence-corrected chi connectivity index (χ3v) is 4.76. The van der Waals surface area contributed by atoms with E-state index in [1.54, 1.807) is 6.08 Å². The van der Waals surface area contributed by atoms with Gasteiger partial charge in [0.2, 0.25) is 0 Å². The number of amides is 1. The third kappa shape index (κ3) is 2.53. The second kappa shape index (κ2) is 5.58. The molecule has 0 spiro atoms. The van der Waals surface area contributed by atoms with E-state index in [4.69, 9.17) is 17.3 Å². The number of thiocarbonyl (C=S) groups is 1. The van der Waals surface area contributed by atoms with Gasteiger partial charge in [-0.15, -0.1) is 0 Å². The molecule has 1 N–H and O–H groups in total. The number of carbonyl (C=O) groups excluding carboxylic acids is 1. The van der Waals surface area contributed by atoms with Crippen molar-refractivity contribution in [3.05, 3.63) is 40.9 Å². The Morgan fingerprint density at radius 3 is 2.86 bits per heavy atom. The zero-order valence-corrected chi connectivity index (χ0v) is 13.3. The minimum absolute atomic E-state index is 0.277. The Balaban J connectivity index is 2.00. The van der Waals surface area contributed by atoms with E-state index in [2.05, 4.69) is 0 Å². The molecule has 0 radical (unpaired) electrons. The number of benzene rings is 1. The molecule has 2 aromatic rings. The van der Waals surface area contributed by atoms with Gasteiger partial charge in [0.25, 0.3) is 5.91 Å². The molecule has 0 unspecified atom stereocenters. The van der Waals surface area contributed by atoms with E-state index >= 15 is 0 Å². The van der Waals surface area contributed by atoms with E-state index < -0.39 is 12.5 Å². The minimum Gasteiger partial charge on any atom is -0.480 e. The standard InChI is InChI=1S/C15H12N2O3S2/c1-16-7-9(10-4-2-3-5-11(10)16)6-12-14(20)17(8-13(18)19)15(21)22-12/h2-7H,8H2,1H3,(H,18,19)/b12-6+. The number of aliphatic carboxylic acids is 1. The highest BCUT2D eigenvalue weighted by atomic mass is 32.2. The lowest BCUT2D eigenvalue weighted by Gasteiger charge is -2.10. The molecule has 0 atom stereocenters. The van der Waals surface area contributed by atoms with Crippen molar-refractivity contribution in [2.45, 2.75) is 0 Å². The zero-order chi connectivity index (χ0) is 15.9. The van der Waals surface area contributed by atoms with Crippen LogP contribution < -0.4 is 0 Å². The molecule has 7 heteroatoms. The maximum absolute atomic E-state index is 12.3. The van der Waals surface area contributed by atoms with Gasteiger partial charge >= 0.3 is 5.97 Å². The number of para-hydroxylation sites is 1. The number of nitrogens with zero attached hydrogens (tertiary/aromatic N) is 2. The first kappa shape index (κ1) is 14.8. The summed E-state index contributed by atoms with van der Waals surface area (Å²) in [6.07, 6.45) is 3.71. The van der Waals surface area contributed by atoms with Crippen LogP contribution in [0, 0.1) is 0 Å². The zero-order valence-electron chi connectivity index (χ0n) is 11.6. The van der Waals surface area contributed by atoms with Gasteiger partial charge in [-0.25, -0.2) is 0 Å². The van der Waals surface area contributed by atoms with E-state index in [-0.39, 0.29) is 10.2 Å². The molecule has 112 valence electrons. The summed E-state index contributed by atoms with van der Waals surface area (Å²) in [4.78, 5) is 24.6. The van der Waals surface area contributed by atoms with Crippen LogP contribution in [0.2, 0.25) is 0 Å². The molecule has 3 rings (SSSR count). The molecule has 1 saturated heterocycles. The van der Waals surface area contributed by atoms with Crippen molar-refractivity contribution < 1.29 is 14.7 Å². The Morgan fingerprint density at radius 1 is 1.41 bits per heavy atom. The van der Waals surface area contributed by atoms with Crippen LogP contribution in [-0.2, 0) is 16.6 Å². The summed E-state index contributed by atoms with van der Waals surface area (Å²) in [5.41, 5.74) is 1.98. The van der Waals surface area contributed by atoms with Gasteiger partial charge < -0.3 is 9.67 Å². The molecular formula is C15H12N2O3S2. The summed E-state index contributed by atoms with van der Waals surface area (Å²) in [7, 11) is 1.94. The van der Waals surface area contributed by atoms with Gasteiger partial charge in [-0.3, -0.25) is 14.5 Å². The normalized spacial score (nSPS) is 17.0. The lowest BCUT2D eigenvalue weighted by atomic mass is 10.1. The molecule has 0 bridgehead atoms. The number of thioether (sulfide) groups is 1. The molecule has 2 heterocycles. The second-order valence-electron chi connectivity index (χ2n) is 4.87. The summed E-state index contributed by atoms with van der Waals surface area (Å²) in [5, 5.41) is 9.88. The summed E-state index contributed by atoms with van der Waals surface area (Å²) in [6, 6.07) is 7.88. The Morgan fingerprint density at radius 2 is 2.14 bits per heavy atom. The first-order valence-corrected chi connectivity index (χ1v) is 7.71. The van der Waals surface area contributed by atoms with Crippen LogP contribution in [0.15, 0.2) is 35.4 Å². The molecule has 5 nitrogen and oxygen atoms in total. The SMILES string of the molecule is Cn1cc(/C=C2/SC(=S)N(CC(=O)O)C2=O)c2ccccc21. The van der Waals surface area contributed by atoms with Crippen molar-refractivity contribution in [1.29, 1.82) is 0 Å². The van der Waals surface area contributed by atoms with Gasteiger partial charge in [0.05, 0.1) is 4.91 Å². The Hall–Kier alpha value is -2.12. The highest BCUT2D eigenvalue weighted by Gasteiger charge is 2.33. The summed E-state index contributed by atoms with van der Waals surface area (Å²) in [5.74, 6) is -1.44. The van der Waals surface area contributed by atoms with Crippen LogP contribution in [-0.4, -0.2) is 37.3 Å². The predicted molar refractivity (Wildman–Crippen MR) is 90.4 cm³/mol. The molecule has 1 aliphatic rings. The largest absolute Gasteiger partial charge is 0.480 e. The molecule has 0 aliphatic carbocycles. The highest BCUT2D eigenvalue weighted by molar-refractivity contribution is 8.26. The van der Waals surface area contributed by atoms with Crippen LogP contribution in [0.25, 0.3) is 17.0 Å². The Bertz CT molecular complexity index is 838. The molecule has 1 aromatic carbocycles. The Kier molecular flexibility index (Phi) is 3.76. The lowest BCUT2D eigenvalue weighted by molar-refractivity contribution is -0.140. The van der Waals surface area contributed by atoms with Crippen molar-refractivity contribution in [2.75, 3.05) is 6.54 Å². The maximum Gasteiger partial charge on any atom is 0.323 e. The molecule has 22 heavy (non-hydrogen) atoms. The van der Waals surface area contributed by atoms with Gasteiger partial charge in [-0.1, -0.05) is 42.2 Å². The van der Waals surface area contributed by atoms with Crippen molar-refractivity contribution in [3.8, 4) is 0 Å². The average Bonchev–Trinajstić information content (AvgIpc) is 2.92. The van der Waals surface area contributed by atoms with Crippen LogP contribution in [0.5, 0.6) is 0 Å². The summed E-state index contributed by atoms with van der Waals surface area (Å²) >= 11 is 6.22. The number of carbonyl (C=O) groups is 2. The van der Waals surface area contributed by atoms with E-state index in [9.17, 15) is 9.59 Å². The topological polar surface area (TPSA) is 62.5 Å².